The molecule has 6 rings (SSSR count). The Kier molecular flexibility index (Phi) is 13.9. The number of carbonyl (C=O) groups excluding carboxylic acids is 6. The van der Waals surface area contributed by atoms with Crippen LogP contribution in [0.5, 0.6) is 0 Å². The fourth-order valence-corrected chi connectivity index (χ4v) is 10.1. The molecule has 3 aliphatic carbocycles. The Morgan fingerprint density at radius 1 is 0.969 bits per heavy atom. The van der Waals surface area contributed by atoms with E-state index >= 15 is 4.79 Å². The standard InChI is InChI=1S/C49H55NO14/c1-8-9-10-11-18-23-33(50-37(54)24-31-19-14-12-15-20-31)39(55)45(58)62-34-26-49(59)43(63-44(57)32-21-16-13-17-22-32)41-47(7,35(53)25-36-48(41,27-60-36)64-30(4)52)42(56)40(61-29(3)51)38(28(34)2)46(49,5)6/h1,9-22,33-36,39-41,43,53,55,59H,23-27H2,2-7H3,(H,50,54)/b10-9-,18-11-/t33-,34-,35-,36+,39+,40+,41?,43-,47+,48-,49+/m0/s1. The van der Waals surface area contributed by atoms with Gasteiger partial charge < -0.3 is 44.3 Å². The number of ether oxygens (including phenoxy) is 5. The van der Waals surface area contributed by atoms with Gasteiger partial charge in [0.15, 0.2) is 23.6 Å². The number of amides is 1. The number of benzene rings is 2. The van der Waals surface area contributed by atoms with Crippen molar-refractivity contribution < 1.29 is 67.8 Å². The van der Waals surface area contributed by atoms with Crippen LogP contribution in [0, 0.1) is 29.1 Å². The van der Waals surface area contributed by atoms with Gasteiger partial charge in [0.2, 0.25) is 5.91 Å². The lowest BCUT2D eigenvalue weighted by atomic mass is 9.44. The molecule has 64 heavy (non-hydrogen) atoms. The van der Waals surface area contributed by atoms with E-state index in [1.807, 2.05) is 0 Å². The summed E-state index contributed by atoms with van der Waals surface area (Å²) >= 11 is 0. The summed E-state index contributed by atoms with van der Waals surface area (Å²) in [6.45, 7) is 7.94. The van der Waals surface area contributed by atoms with Gasteiger partial charge in [-0.1, -0.05) is 86.5 Å². The predicted molar refractivity (Wildman–Crippen MR) is 228 cm³/mol. The van der Waals surface area contributed by atoms with Crippen LogP contribution in [0.25, 0.3) is 0 Å². The molecule has 1 unspecified atom stereocenters. The number of aliphatic hydroxyl groups is 3. The molecule has 1 aliphatic heterocycles. The SMILES string of the molecule is C#C/C=C\C=C/C[C@H](NC(=O)Cc1ccccc1)[C@@H](O)C(=O)O[C@H]1C[C@@]2(O)[C@@H](OC(=O)c3ccccc3)C3[C@](C)(C(=O)[C@H](OC(C)=O)C(=C1C)C2(C)C)[C@@H](O)C[C@H]1OC[C@@]31OC(C)=O. The van der Waals surface area contributed by atoms with E-state index < -0.39 is 113 Å². The second-order valence-corrected chi connectivity index (χ2v) is 17.7. The van der Waals surface area contributed by atoms with E-state index in [1.165, 1.54) is 32.1 Å². The van der Waals surface area contributed by atoms with Crippen LogP contribution in [0.15, 0.2) is 96.1 Å². The van der Waals surface area contributed by atoms with Gasteiger partial charge in [-0.25, -0.2) is 9.59 Å². The molecule has 2 saturated carbocycles. The van der Waals surface area contributed by atoms with Crippen LogP contribution in [0.2, 0.25) is 0 Å². The number of fused-ring (bicyclic) bond motifs is 5. The Morgan fingerprint density at radius 2 is 1.62 bits per heavy atom. The number of ketones is 1. The van der Waals surface area contributed by atoms with Gasteiger partial charge in [0, 0.05) is 32.1 Å². The average Bonchev–Trinajstić information content (AvgIpc) is 3.24. The minimum Gasteiger partial charge on any atom is -0.456 e. The zero-order valence-corrected chi connectivity index (χ0v) is 36.6. The van der Waals surface area contributed by atoms with Crippen molar-refractivity contribution in [2.45, 2.75) is 121 Å². The first kappa shape index (κ1) is 47.6. The Balaban J connectivity index is 1.49. The minimum absolute atomic E-state index is 0.00848. The van der Waals surface area contributed by atoms with Crippen molar-refractivity contribution in [1.29, 1.82) is 0 Å². The Labute approximate surface area is 371 Å². The van der Waals surface area contributed by atoms with Crippen molar-refractivity contribution in [2.75, 3.05) is 6.61 Å². The molecule has 0 radical (unpaired) electrons. The first-order chi connectivity index (χ1) is 30.2. The van der Waals surface area contributed by atoms with E-state index in [0.29, 0.717) is 5.56 Å². The highest BCUT2D eigenvalue weighted by molar-refractivity contribution is 5.95. The molecule has 15 nitrogen and oxygen atoms in total. The van der Waals surface area contributed by atoms with Gasteiger partial charge in [0.05, 0.1) is 42.1 Å². The highest BCUT2D eigenvalue weighted by atomic mass is 16.6. The quantitative estimate of drug-likeness (QED) is 0.0745. The number of nitrogens with one attached hydrogen (secondary N) is 1. The van der Waals surface area contributed by atoms with Crippen LogP contribution in [-0.4, -0.2) is 111 Å². The Morgan fingerprint density at radius 3 is 2.22 bits per heavy atom. The third kappa shape index (κ3) is 8.67. The summed E-state index contributed by atoms with van der Waals surface area (Å²) in [6.07, 6.45) is 0.820. The lowest BCUT2D eigenvalue weighted by Gasteiger charge is -2.67. The molecule has 0 aromatic heterocycles. The van der Waals surface area contributed by atoms with Crippen molar-refractivity contribution in [3.63, 3.8) is 0 Å². The monoisotopic (exact) mass is 881 g/mol. The van der Waals surface area contributed by atoms with Crippen molar-refractivity contribution in [2.24, 2.45) is 16.7 Å². The van der Waals surface area contributed by atoms with Gasteiger partial charge in [-0.2, -0.15) is 0 Å². The van der Waals surface area contributed by atoms with Crippen LogP contribution >= 0.6 is 0 Å². The lowest BCUT2D eigenvalue weighted by Crippen LogP contribution is -2.82. The number of hydrogen-bond acceptors (Lipinski definition) is 14. The van der Waals surface area contributed by atoms with Crippen molar-refractivity contribution >= 4 is 35.6 Å². The van der Waals surface area contributed by atoms with Crippen LogP contribution in [0.4, 0.5) is 0 Å². The van der Waals surface area contributed by atoms with Crippen LogP contribution in [0.1, 0.15) is 76.7 Å². The predicted octanol–water partition coefficient (Wildman–Crippen LogP) is 3.43. The number of carbonyl (C=O) groups is 6. The van der Waals surface area contributed by atoms with Gasteiger partial charge in [-0.05, 0) is 55.2 Å². The maximum absolute atomic E-state index is 15.5. The fourth-order valence-electron chi connectivity index (χ4n) is 10.1. The second-order valence-electron chi connectivity index (χ2n) is 17.7. The molecule has 1 saturated heterocycles. The van der Waals surface area contributed by atoms with E-state index in [-0.39, 0.29) is 42.6 Å². The Bertz CT molecular complexity index is 2280. The molecule has 2 aromatic rings. The summed E-state index contributed by atoms with van der Waals surface area (Å²) in [4.78, 5) is 83.3. The van der Waals surface area contributed by atoms with Crippen LogP contribution in [0.3, 0.4) is 0 Å². The summed E-state index contributed by atoms with van der Waals surface area (Å²) in [5.41, 5.74) is -7.00. The molecule has 0 spiro atoms. The molecule has 3 fully saturated rings. The minimum atomic E-state index is -2.40. The highest BCUT2D eigenvalue weighted by Crippen LogP contribution is 2.64. The molecule has 11 atom stereocenters. The smallest absolute Gasteiger partial charge is 0.338 e. The number of esters is 4. The van der Waals surface area contributed by atoms with Crippen molar-refractivity contribution in [3.05, 3.63) is 107 Å². The van der Waals surface area contributed by atoms with Gasteiger partial charge >= 0.3 is 23.9 Å². The summed E-state index contributed by atoms with van der Waals surface area (Å²) in [5, 5.41) is 40.1. The van der Waals surface area contributed by atoms with Crippen molar-refractivity contribution in [3.8, 4) is 12.3 Å². The number of Topliss-reactive ketones (excluding diaryl/α,β-unsaturated/α-hetero) is 1. The second kappa shape index (κ2) is 18.7. The zero-order valence-electron chi connectivity index (χ0n) is 36.6. The van der Waals surface area contributed by atoms with E-state index in [9.17, 15) is 39.3 Å². The molecular weight excluding hydrogens is 827 g/mol. The third-order valence-electron chi connectivity index (χ3n) is 13.4. The van der Waals surface area contributed by atoms with Gasteiger partial charge in [-0.3, -0.25) is 19.2 Å². The number of terminal acetylenes is 1. The molecule has 340 valence electrons. The maximum atomic E-state index is 15.5. The Hall–Kier alpha value is -5.92. The number of hydrogen-bond donors (Lipinski definition) is 4. The molecular formula is C49H55NO14. The zero-order chi connectivity index (χ0) is 46.8. The number of rotatable bonds is 13. The molecule has 4 aliphatic rings. The topological polar surface area (TPSA) is 221 Å². The van der Waals surface area contributed by atoms with Crippen molar-refractivity contribution in [1.82, 2.24) is 5.32 Å². The normalized spacial score (nSPS) is 31.4. The fraction of sp³-hybridized carbons (Fsp3) is 0.469. The first-order valence-electron chi connectivity index (χ1n) is 21.1. The number of aliphatic hydroxyl groups excluding tert-OH is 2. The summed E-state index contributed by atoms with van der Waals surface area (Å²) in [7, 11) is 0. The van der Waals surface area contributed by atoms with E-state index in [0.717, 1.165) is 13.8 Å². The number of allylic oxidation sites excluding steroid dienone is 3. The molecule has 4 N–H and O–H groups in total. The maximum Gasteiger partial charge on any atom is 0.338 e. The van der Waals surface area contributed by atoms with Crippen LogP contribution in [-0.2, 0) is 54.1 Å². The molecule has 2 aromatic carbocycles. The summed E-state index contributed by atoms with van der Waals surface area (Å²) < 4.78 is 30.2. The highest BCUT2D eigenvalue weighted by Gasteiger charge is 2.78. The summed E-state index contributed by atoms with van der Waals surface area (Å²) in [6, 6.07) is 15.4. The largest absolute Gasteiger partial charge is 0.456 e. The van der Waals surface area contributed by atoms with E-state index in [1.54, 1.807) is 80.6 Å². The molecule has 2 bridgehead atoms. The van der Waals surface area contributed by atoms with Gasteiger partial charge in [0.25, 0.3) is 0 Å². The van der Waals surface area contributed by atoms with E-state index in [4.69, 9.17) is 30.1 Å². The average molecular weight is 882 g/mol. The van der Waals surface area contributed by atoms with E-state index in [2.05, 4.69) is 11.2 Å². The molecule has 1 heterocycles. The third-order valence-corrected chi connectivity index (χ3v) is 13.4. The van der Waals surface area contributed by atoms with Gasteiger partial charge in [0.1, 0.15) is 23.9 Å². The summed E-state index contributed by atoms with van der Waals surface area (Å²) in [5.74, 6) is -4.43. The van der Waals surface area contributed by atoms with Gasteiger partial charge in [-0.15, -0.1) is 6.42 Å². The molecule has 15 heteroatoms. The molecule has 1 amide bonds. The lowest BCUT2D eigenvalue weighted by molar-refractivity contribution is -0.346. The van der Waals surface area contributed by atoms with Crippen LogP contribution < -0.4 is 5.32 Å². The first-order valence-corrected chi connectivity index (χ1v) is 21.1.